The van der Waals surface area contributed by atoms with Crippen molar-refractivity contribution >= 4 is 28.8 Å². The molecule has 168 valence electrons. The molecule has 0 aliphatic carbocycles. The first-order valence-electron chi connectivity index (χ1n) is 11.6. The lowest BCUT2D eigenvalue weighted by Gasteiger charge is -2.31. The van der Waals surface area contributed by atoms with Gasteiger partial charge in [-0.2, -0.15) is 0 Å². The average molecular weight is 442 g/mol. The highest BCUT2D eigenvalue weighted by Gasteiger charge is 2.27. The van der Waals surface area contributed by atoms with Crippen LogP contribution in [0, 0.1) is 5.92 Å². The molecule has 6 heteroatoms. The van der Waals surface area contributed by atoms with Gasteiger partial charge in [0.1, 0.15) is 0 Å². The number of unbranched alkanes of at least 4 members (excludes halogenated alkanes) is 1. The predicted molar refractivity (Wildman–Crippen MR) is 129 cm³/mol. The minimum absolute atomic E-state index is 0.00596. The maximum absolute atomic E-state index is 12.9. The molecule has 1 N–H and O–H groups in total. The van der Waals surface area contributed by atoms with Crippen molar-refractivity contribution in [2.75, 3.05) is 37.6 Å². The number of benzene rings is 1. The smallest absolute Gasteiger partial charge is 0.253 e. The third kappa shape index (κ3) is 6.57. The van der Waals surface area contributed by atoms with Crippen LogP contribution >= 0.6 is 11.3 Å². The van der Waals surface area contributed by atoms with E-state index in [1.165, 1.54) is 23.4 Å². The number of thiophene rings is 1. The molecule has 0 atom stereocenters. The average Bonchev–Trinajstić information content (AvgIpc) is 3.33. The van der Waals surface area contributed by atoms with E-state index in [1.807, 2.05) is 23.1 Å². The van der Waals surface area contributed by atoms with E-state index in [1.54, 1.807) is 11.3 Å². The van der Waals surface area contributed by atoms with E-state index in [-0.39, 0.29) is 17.7 Å². The second kappa shape index (κ2) is 11.9. The highest BCUT2D eigenvalue weighted by molar-refractivity contribution is 7.09. The van der Waals surface area contributed by atoms with E-state index in [0.29, 0.717) is 19.6 Å². The minimum Gasteiger partial charge on any atom is -0.372 e. The number of carbonyl (C=O) groups excluding carboxylic acids is 2. The Balaban J connectivity index is 1.45. The fourth-order valence-corrected chi connectivity index (χ4v) is 4.78. The third-order valence-corrected chi connectivity index (χ3v) is 6.98. The fraction of sp³-hybridized carbons (Fsp3) is 0.520. The number of likely N-dealkylation sites (tertiary alicyclic amines) is 1. The van der Waals surface area contributed by atoms with Gasteiger partial charge in [0.2, 0.25) is 5.91 Å². The van der Waals surface area contributed by atoms with Crippen LogP contribution in [-0.2, 0) is 11.2 Å². The van der Waals surface area contributed by atoms with Crippen LogP contribution in [0.2, 0.25) is 0 Å². The summed E-state index contributed by atoms with van der Waals surface area (Å²) in [7, 11) is 0. The van der Waals surface area contributed by atoms with Crippen molar-refractivity contribution < 1.29 is 9.59 Å². The van der Waals surface area contributed by atoms with Crippen LogP contribution in [0.1, 0.15) is 54.8 Å². The zero-order valence-corrected chi connectivity index (χ0v) is 19.6. The summed E-state index contributed by atoms with van der Waals surface area (Å²) < 4.78 is 0. The Kier molecular flexibility index (Phi) is 8.95. The van der Waals surface area contributed by atoms with Gasteiger partial charge in [-0.05, 0) is 68.3 Å². The second-order valence-corrected chi connectivity index (χ2v) is 9.20. The van der Waals surface area contributed by atoms with Crippen molar-refractivity contribution in [3.05, 3.63) is 52.2 Å². The molecule has 1 saturated heterocycles. The molecule has 2 amide bonds. The van der Waals surface area contributed by atoms with Gasteiger partial charge in [-0.1, -0.05) is 19.4 Å². The molecule has 0 saturated carbocycles. The SMILES string of the molecule is CCCCN(CC)c1ccc(C(=O)N2CCC(C(=O)NCCc3cccs3)CC2)cc1. The Bertz CT molecular complexity index is 812. The molecule has 2 heterocycles. The van der Waals surface area contributed by atoms with Gasteiger partial charge in [0.05, 0.1) is 0 Å². The number of hydrogen-bond donors (Lipinski definition) is 1. The van der Waals surface area contributed by atoms with Crippen molar-refractivity contribution in [1.82, 2.24) is 10.2 Å². The summed E-state index contributed by atoms with van der Waals surface area (Å²) >= 11 is 1.72. The van der Waals surface area contributed by atoms with Crippen LogP contribution in [-0.4, -0.2) is 49.4 Å². The van der Waals surface area contributed by atoms with Gasteiger partial charge in [-0.25, -0.2) is 0 Å². The standard InChI is InChI=1S/C25H35N3O2S/c1-3-5-16-27(4-2)22-10-8-21(9-11-22)25(30)28-17-13-20(14-18-28)24(29)26-15-12-23-7-6-19-31-23/h6-11,19-20H,3-5,12-18H2,1-2H3,(H,26,29). The lowest BCUT2D eigenvalue weighted by atomic mass is 9.95. The fourth-order valence-electron chi connectivity index (χ4n) is 4.07. The molecule has 1 aromatic carbocycles. The zero-order valence-electron chi connectivity index (χ0n) is 18.8. The summed E-state index contributed by atoms with van der Waals surface area (Å²) in [6.07, 6.45) is 4.69. The van der Waals surface area contributed by atoms with Crippen molar-refractivity contribution in [1.29, 1.82) is 0 Å². The van der Waals surface area contributed by atoms with Crippen molar-refractivity contribution in [2.24, 2.45) is 5.92 Å². The molecule has 1 aromatic heterocycles. The van der Waals surface area contributed by atoms with E-state index in [4.69, 9.17) is 0 Å². The van der Waals surface area contributed by atoms with Crippen LogP contribution in [0.3, 0.4) is 0 Å². The normalized spacial score (nSPS) is 14.5. The van der Waals surface area contributed by atoms with Gasteiger partial charge >= 0.3 is 0 Å². The number of anilines is 1. The van der Waals surface area contributed by atoms with Crippen LogP contribution in [0.15, 0.2) is 41.8 Å². The monoisotopic (exact) mass is 441 g/mol. The van der Waals surface area contributed by atoms with E-state index in [0.717, 1.165) is 37.9 Å². The molecular weight excluding hydrogens is 406 g/mol. The Morgan fingerprint density at radius 2 is 1.87 bits per heavy atom. The first-order chi connectivity index (χ1) is 15.1. The summed E-state index contributed by atoms with van der Waals surface area (Å²) in [6, 6.07) is 12.1. The Morgan fingerprint density at radius 1 is 1.13 bits per heavy atom. The van der Waals surface area contributed by atoms with Crippen molar-refractivity contribution in [3.8, 4) is 0 Å². The maximum Gasteiger partial charge on any atom is 0.253 e. The highest BCUT2D eigenvalue weighted by atomic mass is 32.1. The van der Waals surface area contributed by atoms with Gasteiger partial charge in [0.25, 0.3) is 5.91 Å². The van der Waals surface area contributed by atoms with E-state index in [9.17, 15) is 9.59 Å². The number of rotatable bonds is 10. The van der Waals surface area contributed by atoms with E-state index in [2.05, 4.69) is 47.6 Å². The van der Waals surface area contributed by atoms with Gasteiger partial charge in [0, 0.05) is 54.8 Å². The molecule has 31 heavy (non-hydrogen) atoms. The zero-order chi connectivity index (χ0) is 22.1. The number of amides is 2. The molecule has 0 bridgehead atoms. The molecule has 3 rings (SSSR count). The lowest BCUT2D eigenvalue weighted by molar-refractivity contribution is -0.126. The van der Waals surface area contributed by atoms with Gasteiger partial charge in [0.15, 0.2) is 0 Å². The molecule has 2 aromatic rings. The lowest BCUT2D eigenvalue weighted by Crippen LogP contribution is -2.43. The van der Waals surface area contributed by atoms with Crippen LogP contribution in [0.4, 0.5) is 5.69 Å². The third-order valence-electron chi connectivity index (χ3n) is 6.05. The largest absolute Gasteiger partial charge is 0.372 e. The minimum atomic E-state index is 0.00596. The first kappa shape index (κ1) is 23.3. The maximum atomic E-state index is 12.9. The number of nitrogens with one attached hydrogen (secondary N) is 1. The summed E-state index contributed by atoms with van der Waals surface area (Å²) in [4.78, 5) is 30.9. The number of piperidine rings is 1. The molecular formula is C25H35N3O2S. The molecule has 0 unspecified atom stereocenters. The Hall–Kier alpha value is -2.34. The Morgan fingerprint density at radius 3 is 2.48 bits per heavy atom. The van der Waals surface area contributed by atoms with Gasteiger partial charge < -0.3 is 15.1 Å². The van der Waals surface area contributed by atoms with E-state index >= 15 is 0 Å². The van der Waals surface area contributed by atoms with Crippen molar-refractivity contribution in [2.45, 2.75) is 46.0 Å². The Labute approximate surface area is 190 Å². The number of carbonyl (C=O) groups is 2. The first-order valence-corrected chi connectivity index (χ1v) is 12.4. The molecule has 1 aliphatic heterocycles. The van der Waals surface area contributed by atoms with Crippen LogP contribution < -0.4 is 10.2 Å². The summed E-state index contributed by atoms with van der Waals surface area (Å²) in [5, 5.41) is 5.12. The van der Waals surface area contributed by atoms with Gasteiger partial charge in [-0.3, -0.25) is 9.59 Å². The van der Waals surface area contributed by atoms with Gasteiger partial charge in [-0.15, -0.1) is 11.3 Å². The summed E-state index contributed by atoms with van der Waals surface area (Å²) in [5.74, 6) is 0.200. The molecule has 1 fully saturated rings. The van der Waals surface area contributed by atoms with Crippen LogP contribution in [0.5, 0.6) is 0 Å². The second-order valence-electron chi connectivity index (χ2n) is 8.17. The summed E-state index contributed by atoms with van der Waals surface area (Å²) in [6.45, 7) is 8.34. The molecule has 1 aliphatic rings. The molecule has 5 nitrogen and oxygen atoms in total. The van der Waals surface area contributed by atoms with Crippen molar-refractivity contribution in [3.63, 3.8) is 0 Å². The number of nitrogens with zero attached hydrogens (tertiary/aromatic N) is 2. The predicted octanol–water partition coefficient (Wildman–Crippen LogP) is 4.59. The molecule has 0 radical (unpaired) electrons. The van der Waals surface area contributed by atoms with Crippen LogP contribution in [0.25, 0.3) is 0 Å². The highest BCUT2D eigenvalue weighted by Crippen LogP contribution is 2.21. The topological polar surface area (TPSA) is 52.7 Å². The molecule has 0 spiro atoms. The summed E-state index contributed by atoms with van der Waals surface area (Å²) in [5.41, 5.74) is 1.90. The van der Waals surface area contributed by atoms with E-state index < -0.39 is 0 Å². The quantitative estimate of drug-likeness (QED) is 0.587. The number of hydrogen-bond acceptors (Lipinski definition) is 4.